The zero-order valence-electron chi connectivity index (χ0n) is 16.8. The maximum atomic E-state index is 10.9. The van der Waals surface area contributed by atoms with Crippen molar-refractivity contribution in [2.45, 2.75) is 19.6 Å². The Kier molecular flexibility index (Phi) is 5.19. The lowest BCUT2D eigenvalue weighted by Gasteiger charge is -2.37. The number of aliphatic hydroxyl groups excluding tert-OH is 1. The third-order valence-corrected chi connectivity index (χ3v) is 5.56. The molecule has 0 aliphatic carbocycles. The molecule has 0 spiro atoms. The van der Waals surface area contributed by atoms with Crippen molar-refractivity contribution in [2.75, 3.05) is 31.1 Å². The average molecular weight is 380 g/mol. The molecule has 1 aromatic carbocycles. The van der Waals surface area contributed by atoms with Crippen LogP contribution in [0.4, 0.5) is 5.69 Å². The lowest BCUT2D eigenvalue weighted by molar-refractivity contribution is 0.205. The predicted molar refractivity (Wildman–Crippen MR) is 109 cm³/mol. The van der Waals surface area contributed by atoms with Gasteiger partial charge in [-0.05, 0) is 13.0 Å². The van der Waals surface area contributed by atoms with Crippen LogP contribution in [0.2, 0.25) is 0 Å². The Labute approximate surface area is 165 Å². The summed E-state index contributed by atoms with van der Waals surface area (Å²) < 4.78 is 3.76. The van der Waals surface area contributed by atoms with Gasteiger partial charge in [-0.1, -0.05) is 18.2 Å². The molecule has 3 heterocycles. The molecule has 1 fully saturated rings. The molecule has 0 bridgehead atoms. The molecular weight excluding hydrogens is 352 g/mol. The van der Waals surface area contributed by atoms with Crippen molar-refractivity contribution in [3.8, 4) is 0 Å². The fourth-order valence-corrected chi connectivity index (χ4v) is 3.98. The first-order chi connectivity index (χ1) is 13.5. The van der Waals surface area contributed by atoms with Crippen LogP contribution in [0.3, 0.4) is 0 Å². The molecule has 0 saturated carbocycles. The summed E-state index contributed by atoms with van der Waals surface area (Å²) in [4.78, 5) is 9.17. The Morgan fingerprint density at radius 1 is 1.11 bits per heavy atom. The van der Waals surface area contributed by atoms with E-state index in [0.29, 0.717) is 5.82 Å². The molecule has 0 unspecified atom stereocenters. The topological polar surface area (TPSA) is 62.4 Å². The molecule has 7 heteroatoms. The lowest BCUT2D eigenvalue weighted by atomic mass is 10.0. The largest absolute Gasteiger partial charge is 0.380 e. The van der Waals surface area contributed by atoms with E-state index in [9.17, 15) is 5.11 Å². The smallest absolute Gasteiger partial charge is 0.142 e. The first-order valence-corrected chi connectivity index (χ1v) is 9.73. The number of imidazole rings is 1. The van der Waals surface area contributed by atoms with E-state index in [1.54, 1.807) is 6.20 Å². The monoisotopic (exact) mass is 380 g/mol. The Morgan fingerprint density at radius 3 is 2.50 bits per heavy atom. The van der Waals surface area contributed by atoms with E-state index in [-0.39, 0.29) is 0 Å². The van der Waals surface area contributed by atoms with Crippen molar-refractivity contribution in [3.05, 3.63) is 65.5 Å². The molecular formula is C21H28N6O. The standard InChI is InChI=1S/C21H28N6O/c1-16-17(14-25(3)23-16)15-26-10-12-27(13-11-26)19-7-5-4-6-18(19)20(28)21-22-8-9-24(21)2/h4-9,14,20,28H,10-13,15H2,1-3H3/t20-/m0/s1. The van der Waals surface area contributed by atoms with E-state index in [2.05, 4.69) is 39.1 Å². The van der Waals surface area contributed by atoms with Crippen molar-refractivity contribution in [1.82, 2.24) is 24.2 Å². The highest BCUT2D eigenvalue weighted by Crippen LogP contribution is 2.30. The van der Waals surface area contributed by atoms with E-state index in [0.717, 1.165) is 49.7 Å². The fraction of sp³-hybridized carbons (Fsp3) is 0.429. The lowest BCUT2D eigenvalue weighted by Crippen LogP contribution is -2.46. The van der Waals surface area contributed by atoms with Crippen molar-refractivity contribution in [1.29, 1.82) is 0 Å². The van der Waals surface area contributed by atoms with Gasteiger partial charge in [0.15, 0.2) is 0 Å². The van der Waals surface area contributed by atoms with E-state index in [4.69, 9.17) is 0 Å². The average Bonchev–Trinajstić information content (AvgIpc) is 3.26. The minimum atomic E-state index is -0.729. The number of piperazine rings is 1. The maximum absolute atomic E-state index is 10.9. The number of hydrogen-bond acceptors (Lipinski definition) is 5. The summed E-state index contributed by atoms with van der Waals surface area (Å²) in [5.41, 5.74) is 4.40. The number of rotatable bonds is 5. The minimum Gasteiger partial charge on any atom is -0.380 e. The quantitative estimate of drug-likeness (QED) is 0.732. The van der Waals surface area contributed by atoms with Crippen LogP contribution in [0.5, 0.6) is 0 Å². The van der Waals surface area contributed by atoms with Gasteiger partial charge < -0.3 is 14.6 Å². The van der Waals surface area contributed by atoms with Gasteiger partial charge in [0.25, 0.3) is 0 Å². The Balaban J connectivity index is 1.46. The third-order valence-electron chi connectivity index (χ3n) is 5.56. The van der Waals surface area contributed by atoms with E-state index >= 15 is 0 Å². The van der Waals surface area contributed by atoms with Gasteiger partial charge in [0.1, 0.15) is 11.9 Å². The van der Waals surface area contributed by atoms with Gasteiger partial charge in [-0.25, -0.2) is 4.98 Å². The molecule has 1 saturated heterocycles. The van der Waals surface area contributed by atoms with E-state index in [1.165, 1.54) is 5.56 Å². The van der Waals surface area contributed by atoms with Crippen molar-refractivity contribution in [2.24, 2.45) is 14.1 Å². The van der Waals surface area contributed by atoms with Crippen LogP contribution in [0.1, 0.15) is 28.7 Å². The van der Waals surface area contributed by atoms with Crippen LogP contribution >= 0.6 is 0 Å². The molecule has 148 valence electrons. The third kappa shape index (κ3) is 3.68. The highest BCUT2D eigenvalue weighted by molar-refractivity contribution is 5.56. The van der Waals surface area contributed by atoms with Gasteiger partial charge in [0, 0.05) is 82.2 Å². The zero-order chi connectivity index (χ0) is 19.7. The van der Waals surface area contributed by atoms with Crippen LogP contribution < -0.4 is 4.90 Å². The van der Waals surface area contributed by atoms with Crippen molar-refractivity contribution >= 4 is 5.69 Å². The van der Waals surface area contributed by atoms with Crippen molar-refractivity contribution in [3.63, 3.8) is 0 Å². The first kappa shape index (κ1) is 18.7. The van der Waals surface area contributed by atoms with Gasteiger partial charge in [-0.15, -0.1) is 0 Å². The number of aliphatic hydroxyl groups is 1. The molecule has 1 atom stereocenters. The van der Waals surface area contributed by atoms with Gasteiger partial charge in [-0.2, -0.15) is 5.10 Å². The van der Waals surface area contributed by atoms with Crippen molar-refractivity contribution < 1.29 is 5.11 Å². The van der Waals surface area contributed by atoms with Crippen LogP contribution in [-0.4, -0.2) is 55.5 Å². The van der Waals surface area contributed by atoms with E-state index < -0.39 is 6.10 Å². The number of nitrogens with zero attached hydrogens (tertiary/aromatic N) is 6. The molecule has 4 rings (SSSR count). The van der Waals surface area contributed by atoms with Crippen LogP contribution in [0.15, 0.2) is 42.9 Å². The molecule has 1 N–H and O–H groups in total. The second kappa shape index (κ2) is 7.77. The predicted octanol–water partition coefficient (Wildman–Crippen LogP) is 1.87. The number of para-hydroxylation sites is 1. The highest BCUT2D eigenvalue weighted by atomic mass is 16.3. The van der Waals surface area contributed by atoms with Gasteiger partial charge in [0.05, 0.1) is 5.69 Å². The Morgan fingerprint density at radius 2 is 1.86 bits per heavy atom. The molecule has 0 amide bonds. The Hall–Kier alpha value is -2.64. The molecule has 3 aromatic rings. The first-order valence-electron chi connectivity index (χ1n) is 9.73. The molecule has 0 radical (unpaired) electrons. The van der Waals surface area contributed by atoms with Gasteiger partial charge in [-0.3, -0.25) is 9.58 Å². The SMILES string of the molecule is Cc1nn(C)cc1CN1CCN(c2ccccc2[C@H](O)c2nccn2C)CC1. The Bertz CT molecular complexity index is 938. The molecule has 1 aliphatic rings. The van der Waals surface area contributed by atoms with Crippen LogP contribution in [-0.2, 0) is 20.6 Å². The van der Waals surface area contributed by atoms with Gasteiger partial charge in [0.2, 0.25) is 0 Å². The van der Waals surface area contributed by atoms with Gasteiger partial charge >= 0.3 is 0 Å². The zero-order valence-corrected chi connectivity index (χ0v) is 16.8. The number of aryl methyl sites for hydroxylation is 3. The summed E-state index contributed by atoms with van der Waals surface area (Å²) in [6.45, 7) is 6.85. The molecule has 7 nitrogen and oxygen atoms in total. The summed E-state index contributed by atoms with van der Waals surface area (Å²) in [6.07, 6.45) is 4.97. The van der Waals surface area contributed by atoms with E-state index in [1.807, 2.05) is 47.7 Å². The summed E-state index contributed by atoms with van der Waals surface area (Å²) in [5.74, 6) is 0.665. The highest BCUT2D eigenvalue weighted by Gasteiger charge is 2.24. The maximum Gasteiger partial charge on any atom is 0.142 e. The minimum absolute atomic E-state index is 0.665. The van der Waals surface area contributed by atoms with Crippen LogP contribution in [0, 0.1) is 6.92 Å². The normalized spacial score (nSPS) is 16.5. The van der Waals surface area contributed by atoms with Crippen LogP contribution in [0.25, 0.3) is 0 Å². The molecule has 28 heavy (non-hydrogen) atoms. The summed E-state index contributed by atoms with van der Waals surface area (Å²) in [6, 6.07) is 8.12. The summed E-state index contributed by atoms with van der Waals surface area (Å²) in [7, 11) is 3.88. The second-order valence-corrected chi connectivity index (χ2v) is 7.53. The fourth-order valence-electron chi connectivity index (χ4n) is 3.98. The molecule has 1 aliphatic heterocycles. The number of aromatic nitrogens is 4. The number of anilines is 1. The summed E-state index contributed by atoms with van der Waals surface area (Å²) in [5, 5.41) is 15.4. The second-order valence-electron chi connectivity index (χ2n) is 7.53. The number of benzene rings is 1. The number of hydrogen-bond donors (Lipinski definition) is 1. The summed E-state index contributed by atoms with van der Waals surface area (Å²) >= 11 is 0. The molecule has 2 aromatic heterocycles.